The Labute approximate surface area is 126 Å². The van der Waals surface area contributed by atoms with Gasteiger partial charge in [-0.3, -0.25) is 9.88 Å². The Morgan fingerprint density at radius 2 is 1.95 bits per heavy atom. The molecule has 1 aromatic heterocycles. The van der Waals surface area contributed by atoms with Crippen molar-refractivity contribution in [3.63, 3.8) is 0 Å². The van der Waals surface area contributed by atoms with E-state index in [9.17, 15) is 0 Å². The van der Waals surface area contributed by atoms with Crippen LogP contribution in [0.4, 0.5) is 0 Å². The van der Waals surface area contributed by atoms with Crippen LogP contribution in [0.2, 0.25) is 5.02 Å². The van der Waals surface area contributed by atoms with E-state index >= 15 is 0 Å². The van der Waals surface area contributed by atoms with Crippen molar-refractivity contribution in [2.75, 3.05) is 26.2 Å². The lowest BCUT2D eigenvalue weighted by molar-refractivity contribution is 0.106. The molecule has 2 aliphatic rings. The highest BCUT2D eigenvalue weighted by Crippen LogP contribution is 2.24. The minimum atomic E-state index is 0.700. The van der Waals surface area contributed by atoms with Crippen LogP contribution in [0.25, 0.3) is 0 Å². The van der Waals surface area contributed by atoms with Crippen LogP contribution in [0.3, 0.4) is 0 Å². The van der Waals surface area contributed by atoms with Gasteiger partial charge >= 0.3 is 0 Å². The summed E-state index contributed by atoms with van der Waals surface area (Å²) in [6, 6.07) is 2.76. The maximum Gasteiger partial charge on any atom is 0.0634 e. The van der Waals surface area contributed by atoms with Crippen molar-refractivity contribution < 1.29 is 0 Å². The highest BCUT2D eigenvalue weighted by Gasteiger charge is 2.26. The molecule has 1 aromatic rings. The zero-order valence-electron chi connectivity index (χ0n) is 12.1. The Morgan fingerprint density at radius 3 is 2.75 bits per heavy atom. The predicted octanol–water partition coefficient (Wildman–Crippen LogP) is 3.19. The second kappa shape index (κ2) is 6.88. The molecule has 110 valence electrons. The van der Waals surface area contributed by atoms with E-state index in [2.05, 4.69) is 20.9 Å². The van der Waals surface area contributed by atoms with Crippen molar-refractivity contribution in [2.24, 2.45) is 0 Å². The number of halogens is 1. The first-order valence-corrected chi connectivity index (χ1v) is 8.25. The van der Waals surface area contributed by atoms with Crippen molar-refractivity contribution >= 4 is 11.6 Å². The maximum atomic E-state index is 6.26. The fraction of sp³-hybridized carbons (Fsp3) is 0.688. The molecule has 2 saturated heterocycles. The van der Waals surface area contributed by atoms with E-state index in [1.54, 1.807) is 6.20 Å². The van der Waals surface area contributed by atoms with Crippen LogP contribution < -0.4 is 0 Å². The molecule has 0 amide bonds. The third-order valence-electron chi connectivity index (χ3n) is 4.65. The molecule has 0 radical (unpaired) electrons. The number of likely N-dealkylation sites (tertiary alicyclic amines) is 2. The first-order valence-electron chi connectivity index (χ1n) is 7.88. The van der Waals surface area contributed by atoms with Gasteiger partial charge in [0.05, 0.1) is 5.02 Å². The molecule has 1 atom stereocenters. The largest absolute Gasteiger partial charge is 0.302 e. The van der Waals surface area contributed by atoms with Crippen LogP contribution in [0.1, 0.15) is 37.7 Å². The Hall–Kier alpha value is -0.640. The van der Waals surface area contributed by atoms with E-state index in [1.165, 1.54) is 63.8 Å². The van der Waals surface area contributed by atoms with E-state index < -0.39 is 0 Å². The monoisotopic (exact) mass is 293 g/mol. The fourth-order valence-electron chi connectivity index (χ4n) is 3.49. The van der Waals surface area contributed by atoms with Gasteiger partial charge < -0.3 is 4.90 Å². The zero-order valence-corrected chi connectivity index (χ0v) is 12.9. The minimum Gasteiger partial charge on any atom is -0.302 e. The molecule has 20 heavy (non-hydrogen) atoms. The number of hydrogen-bond acceptors (Lipinski definition) is 3. The summed E-state index contributed by atoms with van der Waals surface area (Å²) in [6.07, 6.45) is 10.4. The molecule has 3 rings (SSSR count). The summed E-state index contributed by atoms with van der Waals surface area (Å²) in [7, 11) is 0. The number of aromatic nitrogens is 1. The summed E-state index contributed by atoms with van der Waals surface area (Å²) >= 11 is 6.26. The van der Waals surface area contributed by atoms with Gasteiger partial charge in [-0.15, -0.1) is 0 Å². The van der Waals surface area contributed by atoms with Crippen LogP contribution in [-0.2, 0) is 6.54 Å². The molecule has 4 heteroatoms. The number of nitrogens with zero attached hydrogens (tertiary/aromatic N) is 3. The lowest BCUT2D eigenvalue weighted by Gasteiger charge is -2.38. The third-order valence-corrected chi connectivity index (χ3v) is 4.99. The maximum absolute atomic E-state index is 6.26. The molecule has 0 saturated carbocycles. The van der Waals surface area contributed by atoms with Crippen molar-refractivity contribution in [1.82, 2.24) is 14.8 Å². The number of pyridine rings is 1. The standard InChI is InChI=1S/C16H24ClN3/c17-16-11-18-7-6-14(16)12-20-10-2-1-5-15(20)13-19-8-3-4-9-19/h6-7,11,15H,1-5,8-10,12-13H2. The van der Waals surface area contributed by atoms with E-state index in [4.69, 9.17) is 11.6 Å². The summed E-state index contributed by atoms with van der Waals surface area (Å²) < 4.78 is 0. The molecule has 2 fully saturated rings. The molecule has 0 bridgehead atoms. The van der Waals surface area contributed by atoms with Crippen LogP contribution in [0.15, 0.2) is 18.5 Å². The summed E-state index contributed by atoms with van der Waals surface area (Å²) in [5, 5.41) is 0.804. The van der Waals surface area contributed by atoms with Crippen molar-refractivity contribution in [3.05, 3.63) is 29.0 Å². The normalized spacial score (nSPS) is 25.1. The average Bonchev–Trinajstić information content (AvgIpc) is 2.96. The molecule has 0 aliphatic carbocycles. The van der Waals surface area contributed by atoms with Crippen LogP contribution in [0, 0.1) is 0 Å². The molecule has 2 aliphatic heterocycles. The van der Waals surface area contributed by atoms with Gasteiger partial charge in [-0.2, -0.15) is 0 Å². The first kappa shape index (κ1) is 14.3. The molecule has 0 aromatic carbocycles. The Morgan fingerprint density at radius 1 is 1.15 bits per heavy atom. The SMILES string of the molecule is Clc1cnccc1CN1CCCCC1CN1CCCC1. The quantitative estimate of drug-likeness (QED) is 0.850. The van der Waals surface area contributed by atoms with Crippen LogP contribution in [-0.4, -0.2) is 47.0 Å². The van der Waals surface area contributed by atoms with E-state index in [-0.39, 0.29) is 0 Å². The summed E-state index contributed by atoms with van der Waals surface area (Å²) in [6.45, 7) is 6.00. The van der Waals surface area contributed by atoms with E-state index in [0.717, 1.165) is 11.6 Å². The molecule has 1 unspecified atom stereocenters. The van der Waals surface area contributed by atoms with Gasteiger partial charge in [0.25, 0.3) is 0 Å². The van der Waals surface area contributed by atoms with Crippen molar-refractivity contribution in [2.45, 2.75) is 44.7 Å². The second-order valence-corrected chi connectivity index (χ2v) is 6.50. The number of piperidine rings is 1. The zero-order chi connectivity index (χ0) is 13.8. The smallest absolute Gasteiger partial charge is 0.0634 e. The topological polar surface area (TPSA) is 19.4 Å². The molecular weight excluding hydrogens is 270 g/mol. The lowest BCUT2D eigenvalue weighted by Crippen LogP contribution is -2.45. The average molecular weight is 294 g/mol. The number of hydrogen-bond donors (Lipinski definition) is 0. The van der Waals surface area contributed by atoms with Gasteiger partial charge in [0.1, 0.15) is 0 Å². The van der Waals surface area contributed by atoms with E-state index in [1.807, 2.05) is 6.20 Å². The lowest BCUT2D eigenvalue weighted by atomic mass is 10.0. The van der Waals surface area contributed by atoms with Gasteiger partial charge in [0.15, 0.2) is 0 Å². The number of rotatable bonds is 4. The third kappa shape index (κ3) is 3.51. The van der Waals surface area contributed by atoms with Crippen LogP contribution in [0.5, 0.6) is 0 Å². The Bertz CT molecular complexity index is 431. The van der Waals surface area contributed by atoms with Crippen LogP contribution >= 0.6 is 11.6 Å². The highest BCUT2D eigenvalue weighted by atomic mass is 35.5. The van der Waals surface area contributed by atoms with Gasteiger partial charge in [0.2, 0.25) is 0 Å². The molecular formula is C16H24ClN3. The van der Waals surface area contributed by atoms with Gasteiger partial charge in [-0.05, 0) is 56.9 Å². The first-order chi connectivity index (χ1) is 9.83. The van der Waals surface area contributed by atoms with Gasteiger partial charge in [0, 0.05) is 31.5 Å². The minimum absolute atomic E-state index is 0.700. The molecule has 0 spiro atoms. The second-order valence-electron chi connectivity index (χ2n) is 6.09. The molecule has 3 nitrogen and oxygen atoms in total. The van der Waals surface area contributed by atoms with Gasteiger partial charge in [-0.1, -0.05) is 18.0 Å². The summed E-state index contributed by atoms with van der Waals surface area (Å²) in [4.78, 5) is 9.35. The summed E-state index contributed by atoms with van der Waals surface area (Å²) in [5.41, 5.74) is 1.22. The van der Waals surface area contributed by atoms with E-state index in [0.29, 0.717) is 6.04 Å². The molecule has 0 N–H and O–H groups in total. The van der Waals surface area contributed by atoms with Crippen molar-refractivity contribution in [1.29, 1.82) is 0 Å². The highest BCUT2D eigenvalue weighted by molar-refractivity contribution is 6.31. The summed E-state index contributed by atoms with van der Waals surface area (Å²) in [5.74, 6) is 0. The van der Waals surface area contributed by atoms with Crippen molar-refractivity contribution in [3.8, 4) is 0 Å². The predicted molar refractivity (Wildman–Crippen MR) is 83.0 cm³/mol. The Balaban J connectivity index is 1.64. The molecule has 3 heterocycles. The van der Waals surface area contributed by atoms with Gasteiger partial charge in [-0.25, -0.2) is 0 Å². The fourth-order valence-corrected chi connectivity index (χ4v) is 3.67. The Kier molecular flexibility index (Phi) is 4.92.